The lowest BCUT2D eigenvalue weighted by Gasteiger charge is -2.02. The third kappa shape index (κ3) is 4.62. The van der Waals surface area contributed by atoms with Gasteiger partial charge in [-0.25, -0.2) is 0 Å². The van der Waals surface area contributed by atoms with Gasteiger partial charge in [0.2, 0.25) is 0 Å². The second-order valence-electron chi connectivity index (χ2n) is 3.51. The summed E-state index contributed by atoms with van der Waals surface area (Å²) in [7, 11) is -1.07. The smallest absolute Gasteiger partial charge is 0.269 e. The molecule has 17 heavy (non-hydrogen) atoms. The van der Waals surface area contributed by atoms with Crippen molar-refractivity contribution in [2.24, 2.45) is 0 Å². The molecule has 1 atom stereocenters. The highest BCUT2D eigenvalue weighted by Crippen LogP contribution is 2.14. The molecule has 0 aromatic heterocycles. The molecule has 0 saturated heterocycles. The quantitative estimate of drug-likeness (QED) is 0.458. The molecule has 0 aliphatic rings. The molecule has 6 heteroatoms. The van der Waals surface area contributed by atoms with Crippen LogP contribution in [-0.2, 0) is 10.8 Å². The van der Waals surface area contributed by atoms with Gasteiger partial charge in [0, 0.05) is 22.8 Å². The number of nitrogens with one attached hydrogen (secondary N) is 1. The lowest BCUT2D eigenvalue weighted by molar-refractivity contribution is -0.384. The summed E-state index contributed by atoms with van der Waals surface area (Å²) >= 11 is 0. The zero-order valence-corrected chi connectivity index (χ0v) is 10.5. The third-order valence-corrected chi connectivity index (χ3v) is 3.70. The number of nitro groups is 1. The van der Waals surface area contributed by atoms with Crippen molar-refractivity contribution in [1.82, 2.24) is 5.32 Å². The van der Waals surface area contributed by atoms with Crippen molar-refractivity contribution in [1.29, 1.82) is 0 Å². The molecule has 1 aromatic carbocycles. The molecule has 0 spiro atoms. The largest absolute Gasteiger partial charge is 0.317 e. The van der Waals surface area contributed by atoms with Gasteiger partial charge in [-0.2, -0.15) is 0 Å². The zero-order chi connectivity index (χ0) is 12.7. The average molecular weight is 256 g/mol. The van der Waals surface area contributed by atoms with Gasteiger partial charge in [-0.15, -0.1) is 0 Å². The van der Waals surface area contributed by atoms with Crippen LogP contribution in [0.5, 0.6) is 0 Å². The van der Waals surface area contributed by atoms with Crippen LogP contribution in [0.1, 0.15) is 13.3 Å². The van der Waals surface area contributed by atoms with E-state index in [2.05, 4.69) is 5.32 Å². The predicted molar refractivity (Wildman–Crippen MR) is 67.5 cm³/mol. The Balaban J connectivity index is 2.49. The lowest BCUT2D eigenvalue weighted by atomic mass is 10.3. The SMILES string of the molecule is CCNCCCS(=O)c1ccc([N+](=O)[O-])cc1. The fourth-order valence-corrected chi connectivity index (χ4v) is 2.42. The summed E-state index contributed by atoms with van der Waals surface area (Å²) in [6.45, 7) is 3.77. The highest BCUT2D eigenvalue weighted by molar-refractivity contribution is 7.85. The predicted octanol–water partition coefficient (Wildman–Crippen LogP) is 1.70. The maximum atomic E-state index is 11.8. The second-order valence-corrected chi connectivity index (χ2v) is 5.08. The first-order valence-electron chi connectivity index (χ1n) is 5.48. The van der Waals surface area contributed by atoms with E-state index in [4.69, 9.17) is 0 Å². The summed E-state index contributed by atoms with van der Waals surface area (Å²) < 4.78 is 11.8. The Labute approximate surface area is 103 Å². The highest BCUT2D eigenvalue weighted by atomic mass is 32.2. The molecule has 5 nitrogen and oxygen atoms in total. The third-order valence-electron chi connectivity index (χ3n) is 2.24. The van der Waals surface area contributed by atoms with Gasteiger partial charge in [0.25, 0.3) is 5.69 Å². The molecular weight excluding hydrogens is 240 g/mol. The Kier molecular flexibility index (Phi) is 5.79. The first-order chi connectivity index (χ1) is 8.15. The van der Waals surface area contributed by atoms with E-state index in [1.807, 2.05) is 6.92 Å². The molecule has 0 amide bonds. The van der Waals surface area contributed by atoms with Crippen LogP contribution in [0, 0.1) is 10.1 Å². The minimum absolute atomic E-state index is 0.0263. The topological polar surface area (TPSA) is 72.2 Å². The van der Waals surface area contributed by atoms with Gasteiger partial charge in [0.05, 0.1) is 15.7 Å². The molecule has 0 aliphatic carbocycles. The minimum atomic E-state index is -1.07. The highest BCUT2D eigenvalue weighted by Gasteiger charge is 2.07. The maximum Gasteiger partial charge on any atom is 0.269 e. The van der Waals surface area contributed by atoms with Crippen LogP contribution in [0.3, 0.4) is 0 Å². The van der Waals surface area contributed by atoms with Gasteiger partial charge in [0.1, 0.15) is 0 Å². The lowest BCUT2D eigenvalue weighted by Crippen LogP contribution is -2.16. The summed E-state index contributed by atoms with van der Waals surface area (Å²) in [5, 5.41) is 13.6. The van der Waals surface area contributed by atoms with Crippen molar-refractivity contribution in [3.05, 3.63) is 34.4 Å². The number of rotatable bonds is 7. The Morgan fingerprint density at radius 2 is 2.00 bits per heavy atom. The monoisotopic (exact) mass is 256 g/mol. The molecule has 0 aliphatic heterocycles. The first-order valence-corrected chi connectivity index (χ1v) is 6.80. The van der Waals surface area contributed by atoms with Crippen molar-refractivity contribution in [2.75, 3.05) is 18.8 Å². The van der Waals surface area contributed by atoms with Crippen molar-refractivity contribution >= 4 is 16.5 Å². The fraction of sp³-hybridized carbons (Fsp3) is 0.455. The molecule has 0 saturated carbocycles. The number of benzene rings is 1. The number of nitrogens with zero attached hydrogens (tertiary/aromatic N) is 1. The fourth-order valence-electron chi connectivity index (χ4n) is 1.34. The van der Waals surface area contributed by atoms with E-state index < -0.39 is 15.7 Å². The van der Waals surface area contributed by atoms with Gasteiger partial charge < -0.3 is 5.32 Å². The number of hydrogen-bond donors (Lipinski definition) is 1. The Morgan fingerprint density at radius 3 is 2.53 bits per heavy atom. The number of nitro benzene ring substituents is 1. The van der Waals surface area contributed by atoms with Crippen LogP contribution in [0.25, 0.3) is 0 Å². The van der Waals surface area contributed by atoms with Crippen LogP contribution in [-0.4, -0.2) is 28.0 Å². The van der Waals surface area contributed by atoms with Crippen molar-refractivity contribution < 1.29 is 9.13 Å². The summed E-state index contributed by atoms with van der Waals surface area (Å²) in [5.74, 6) is 0.574. The van der Waals surface area contributed by atoms with E-state index in [0.717, 1.165) is 19.5 Å². The minimum Gasteiger partial charge on any atom is -0.317 e. The van der Waals surface area contributed by atoms with Gasteiger partial charge in [0.15, 0.2) is 0 Å². The first kappa shape index (κ1) is 13.8. The van der Waals surface area contributed by atoms with Crippen molar-refractivity contribution in [3.63, 3.8) is 0 Å². The van der Waals surface area contributed by atoms with E-state index in [1.54, 1.807) is 12.1 Å². The molecular formula is C11H16N2O3S. The van der Waals surface area contributed by atoms with Crippen LogP contribution in [0.15, 0.2) is 29.2 Å². The molecule has 1 N–H and O–H groups in total. The standard InChI is InChI=1S/C11H16N2O3S/c1-2-12-8-3-9-17(16)11-6-4-10(5-7-11)13(14)15/h4-7,12H,2-3,8-9H2,1H3. The molecule has 0 bridgehead atoms. The van der Waals surface area contributed by atoms with Crippen molar-refractivity contribution in [2.45, 2.75) is 18.2 Å². The maximum absolute atomic E-state index is 11.8. The van der Waals surface area contributed by atoms with E-state index in [9.17, 15) is 14.3 Å². The molecule has 0 fully saturated rings. The second kappa shape index (κ2) is 7.13. The zero-order valence-electron chi connectivity index (χ0n) is 9.72. The molecule has 1 aromatic rings. The number of non-ortho nitro benzene ring substituents is 1. The Morgan fingerprint density at radius 1 is 1.35 bits per heavy atom. The molecule has 0 heterocycles. The average Bonchev–Trinajstić information content (AvgIpc) is 2.34. The summed E-state index contributed by atoms with van der Waals surface area (Å²) in [4.78, 5) is 10.6. The van der Waals surface area contributed by atoms with E-state index >= 15 is 0 Å². The normalized spacial score (nSPS) is 12.3. The van der Waals surface area contributed by atoms with E-state index in [1.165, 1.54) is 12.1 Å². The van der Waals surface area contributed by atoms with Gasteiger partial charge in [-0.3, -0.25) is 14.3 Å². The van der Waals surface area contributed by atoms with Gasteiger partial charge in [-0.1, -0.05) is 6.92 Å². The van der Waals surface area contributed by atoms with Crippen LogP contribution >= 0.6 is 0 Å². The molecule has 94 valence electrons. The summed E-state index contributed by atoms with van der Waals surface area (Å²) in [6, 6.07) is 5.89. The van der Waals surface area contributed by atoms with E-state index in [-0.39, 0.29) is 5.69 Å². The molecule has 0 radical (unpaired) electrons. The van der Waals surface area contributed by atoms with Crippen LogP contribution in [0.2, 0.25) is 0 Å². The Bertz CT molecular complexity index is 392. The van der Waals surface area contributed by atoms with Crippen LogP contribution in [0.4, 0.5) is 5.69 Å². The van der Waals surface area contributed by atoms with Crippen LogP contribution < -0.4 is 5.32 Å². The molecule has 1 rings (SSSR count). The summed E-state index contributed by atoms with van der Waals surface area (Å²) in [5.41, 5.74) is 0.0263. The Hall–Kier alpha value is -1.27. The van der Waals surface area contributed by atoms with Gasteiger partial charge >= 0.3 is 0 Å². The van der Waals surface area contributed by atoms with Crippen molar-refractivity contribution in [3.8, 4) is 0 Å². The molecule has 1 unspecified atom stereocenters. The number of hydrogen-bond acceptors (Lipinski definition) is 4. The van der Waals surface area contributed by atoms with E-state index in [0.29, 0.717) is 10.6 Å². The summed E-state index contributed by atoms with van der Waals surface area (Å²) in [6.07, 6.45) is 0.831. The van der Waals surface area contributed by atoms with Gasteiger partial charge in [-0.05, 0) is 31.6 Å².